The van der Waals surface area contributed by atoms with Crippen LogP contribution < -0.4 is 10.8 Å². The summed E-state index contributed by atoms with van der Waals surface area (Å²) in [5, 5.41) is 9.77. The Bertz CT molecular complexity index is 978. The van der Waals surface area contributed by atoms with E-state index in [0.29, 0.717) is 0 Å². The van der Waals surface area contributed by atoms with Crippen molar-refractivity contribution in [3.8, 4) is 0 Å². The highest BCUT2D eigenvalue weighted by atomic mass is 19.4. The van der Waals surface area contributed by atoms with Crippen LogP contribution in [0.5, 0.6) is 0 Å². The molecule has 0 aromatic heterocycles. The van der Waals surface area contributed by atoms with Gasteiger partial charge in [0.15, 0.2) is 0 Å². The zero-order valence-electron chi connectivity index (χ0n) is 19.2. The van der Waals surface area contributed by atoms with E-state index in [0.717, 1.165) is 6.54 Å². The highest BCUT2D eigenvalue weighted by Gasteiger charge is 3.00. The number of rotatable bonds is 10. The molecule has 0 amide bonds. The first-order valence-electron chi connectivity index (χ1n) is 9.34. The van der Waals surface area contributed by atoms with Crippen LogP contribution in [0, 0.1) is 0 Å². The summed E-state index contributed by atoms with van der Waals surface area (Å²) in [4.78, 5) is 9.77. The second kappa shape index (κ2) is 10.9. The van der Waals surface area contributed by atoms with Gasteiger partial charge < -0.3 is 15.6 Å². The maximum absolute atomic E-state index is 13.5. The number of carbonyl (C=O) groups excluding carboxylic acids is 1. The molecule has 0 aliphatic heterocycles. The van der Waals surface area contributed by atoms with Crippen molar-refractivity contribution in [3.63, 3.8) is 0 Å². The summed E-state index contributed by atoms with van der Waals surface area (Å²) in [6.07, 6.45) is -17.3. The maximum atomic E-state index is 13.5. The van der Waals surface area contributed by atoms with Gasteiger partial charge in [-0.05, 0) is 6.92 Å². The minimum atomic E-state index is -9.76. The fraction of sp³-hybridized carbons (Fsp3) is 0.933. The molecular formula is C15H8F25NO2. The van der Waals surface area contributed by atoms with E-state index < -0.39 is 77.3 Å². The van der Waals surface area contributed by atoms with E-state index in [1.807, 2.05) is 6.92 Å². The summed E-state index contributed by atoms with van der Waals surface area (Å²) in [5.41, 5.74) is -5.69. The first-order valence-corrected chi connectivity index (χ1v) is 9.34. The van der Waals surface area contributed by atoms with Gasteiger partial charge in [-0.15, -0.1) is 0 Å². The average Bonchev–Trinajstić information content (AvgIpc) is 2.75. The van der Waals surface area contributed by atoms with Crippen LogP contribution in [0.1, 0.15) is 6.92 Å². The van der Waals surface area contributed by atoms with E-state index in [1.54, 1.807) is 0 Å². The highest BCUT2D eigenvalue weighted by molar-refractivity contribution is 5.75. The lowest BCUT2D eigenvalue weighted by molar-refractivity contribution is -0.484. The zero-order valence-corrected chi connectivity index (χ0v) is 19.2. The molecule has 0 atom stereocenters. The Labute approximate surface area is 217 Å². The molecular weight excluding hydrogens is 701 g/mol. The van der Waals surface area contributed by atoms with Crippen LogP contribution in [0.4, 0.5) is 110 Å². The lowest BCUT2D eigenvalue weighted by Gasteiger charge is -2.46. The molecule has 0 saturated heterocycles. The van der Waals surface area contributed by atoms with Crippen molar-refractivity contribution in [2.24, 2.45) is 0 Å². The van der Waals surface area contributed by atoms with E-state index in [4.69, 9.17) is 0 Å². The lowest BCUT2D eigenvalue weighted by Crippen LogP contribution is -2.79. The summed E-state index contributed by atoms with van der Waals surface area (Å²) < 4.78 is 326. The third-order valence-electron chi connectivity index (χ3n) is 4.62. The molecule has 0 rings (SSSR count). The number of carboxylic acids is 1. The van der Waals surface area contributed by atoms with E-state index >= 15 is 0 Å². The molecule has 3 nitrogen and oxygen atoms in total. The normalized spacial score (nSPS) is 16.1. The van der Waals surface area contributed by atoms with E-state index in [9.17, 15) is 120 Å². The molecule has 3 N–H and O–H groups in total. The number of alkyl halides is 25. The third-order valence-corrected chi connectivity index (χ3v) is 4.62. The topological polar surface area (TPSA) is 67.8 Å². The Hall–Kier alpha value is -2.32. The Kier molecular flexibility index (Phi) is 10.9. The van der Waals surface area contributed by atoms with Crippen molar-refractivity contribution in [1.29, 1.82) is 0 Å². The SMILES string of the molecule is CC[NH3+].O=C([O-])C(F)(F)C(F)(F)C(F)(F)C(F)(F)C(F)(F)C(F)(F)C(F)(F)C(F)(F)C(F)(F)C(F)(C(F)(F)F)C(F)(F)F. The van der Waals surface area contributed by atoms with Gasteiger partial charge in [0.05, 0.1) is 6.54 Å². The standard InChI is InChI=1S/C13HF25O2.C2H7N/c14-2(15,1(39)40)4(17,18)6(21,22)8(25,26)10(29,30)11(31,32)9(27,28)7(23,24)5(19,20)3(16,12(33,34)35)13(36,37)38;1-2-3/h(H,39,40);2-3H2,1H3. The summed E-state index contributed by atoms with van der Waals surface area (Å²) >= 11 is 0. The predicted octanol–water partition coefficient (Wildman–Crippen LogP) is 5.54. The molecule has 0 heterocycles. The molecule has 0 aliphatic rings. The first kappa shape index (κ1) is 42.8. The van der Waals surface area contributed by atoms with Gasteiger partial charge in [0.1, 0.15) is 5.97 Å². The lowest BCUT2D eigenvalue weighted by atomic mass is 9.82. The van der Waals surface area contributed by atoms with Crippen molar-refractivity contribution in [2.45, 2.75) is 78.2 Å². The number of carboxylic acid groups (broad SMARTS) is 1. The van der Waals surface area contributed by atoms with Crippen LogP contribution in [0.3, 0.4) is 0 Å². The van der Waals surface area contributed by atoms with Gasteiger partial charge >= 0.3 is 71.3 Å². The van der Waals surface area contributed by atoms with E-state index in [2.05, 4.69) is 5.73 Å². The second-order valence-corrected chi connectivity index (χ2v) is 7.61. The highest BCUT2D eigenvalue weighted by Crippen LogP contribution is 2.68. The van der Waals surface area contributed by atoms with Gasteiger partial charge in [-0.2, -0.15) is 105 Å². The van der Waals surface area contributed by atoms with Gasteiger partial charge in [0, 0.05) is 0 Å². The zero-order chi connectivity index (χ0) is 36.3. The van der Waals surface area contributed by atoms with Gasteiger partial charge in [-0.25, -0.2) is 4.39 Å². The Morgan fingerprint density at radius 3 is 0.767 bits per heavy atom. The summed E-state index contributed by atoms with van der Waals surface area (Å²) in [5.74, 6) is -88.6. The Morgan fingerprint density at radius 2 is 0.605 bits per heavy atom. The summed E-state index contributed by atoms with van der Waals surface area (Å²) in [6.45, 7) is 3.01. The van der Waals surface area contributed by atoms with Crippen LogP contribution in [0.2, 0.25) is 0 Å². The number of hydrogen-bond acceptors (Lipinski definition) is 2. The Morgan fingerprint density at radius 1 is 0.442 bits per heavy atom. The number of halogens is 25. The van der Waals surface area contributed by atoms with E-state index in [-0.39, 0.29) is 0 Å². The molecule has 0 radical (unpaired) electrons. The van der Waals surface area contributed by atoms with Crippen LogP contribution >= 0.6 is 0 Å². The van der Waals surface area contributed by atoms with Gasteiger partial charge in [0.2, 0.25) is 0 Å². The van der Waals surface area contributed by atoms with Crippen LogP contribution in [0.25, 0.3) is 0 Å². The molecule has 0 spiro atoms. The largest absolute Gasteiger partial charge is 0.544 e. The van der Waals surface area contributed by atoms with Crippen LogP contribution in [-0.2, 0) is 4.79 Å². The van der Waals surface area contributed by atoms with Crippen molar-refractivity contribution in [1.82, 2.24) is 0 Å². The summed E-state index contributed by atoms with van der Waals surface area (Å²) in [7, 11) is 0. The summed E-state index contributed by atoms with van der Waals surface area (Å²) in [6, 6.07) is 0. The van der Waals surface area contributed by atoms with Gasteiger partial charge in [0.25, 0.3) is 0 Å². The quantitative estimate of drug-likeness (QED) is 0.304. The number of aliphatic carboxylic acids is 1. The molecule has 43 heavy (non-hydrogen) atoms. The van der Waals surface area contributed by atoms with Crippen LogP contribution in [0.15, 0.2) is 0 Å². The van der Waals surface area contributed by atoms with Crippen molar-refractivity contribution >= 4 is 5.97 Å². The molecule has 0 unspecified atom stereocenters. The maximum Gasteiger partial charge on any atom is 0.438 e. The fourth-order valence-corrected chi connectivity index (χ4v) is 2.24. The van der Waals surface area contributed by atoms with Crippen molar-refractivity contribution in [3.05, 3.63) is 0 Å². The molecule has 0 saturated carbocycles. The number of carbonyl (C=O) groups is 1. The minimum absolute atomic E-state index is 1.00. The predicted molar refractivity (Wildman–Crippen MR) is 78.9 cm³/mol. The molecule has 0 fully saturated rings. The van der Waals surface area contributed by atoms with Crippen molar-refractivity contribution in [2.75, 3.05) is 6.54 Å². The first-order chi connectivity index (χ1) is 18.1. The average molecular weight is 709 g/mol. The van der Waals surface area contributed by atoms with Crippen LogP contribution in [-0.4, -0.2) is 83.8 Å². The smallest absolute Gasteiger partial charge is 0.438 e. The molecule has 28 heteroatoms. The number of quaternary nitrogens is 1. The fourth-order valence-electron chi connectivity index (χ4n) is 2.24. The molecule has 0 aliphatic carbocycles. The monoisotopic (exact) mass is 709 g/mol. The molecule has 0 aromatic carbocycles. The Balaban J connectivity index is 0. The minimum Gasteiger partial charge on any atom is -0.544 e. The van der Waals surface area contributed by atoms with E-state index in [1.165, 1.54) is 0 Å². The van der Waals surface area contributed by atoms with Gasteiger partial charge in [-0.3, -0.25) is 0 Å². The van der Waals surface area contributed by atoms with Crippen molar-refractivity contribution < 1.29 is 125 Å². The number of hydrogen-bond donors (Lipinski definition) is 1. The molecule has 260 valence electrons. The molecule has 0 bridgehead atoms. The third kappa shape index (κ3) is 5.34. The van der Waals surface area contributed by atoms with Gasteiger partial charge in [-0.1, -0.05) is 0 Å². The molecule has 0 aromatic rings. The second-order valence-electron chi connectivity index (χ2n) is 7.61.